The van der Waals surface area contributed by atoms with Crippen LogP contribution in [0, 0.1) is 29.6 Å². The van der Waals surface area contributed by atoms with E-state index in [4.69, 9.17) is 5.73 Å². The molecule has 2 N–H and O–H groups in total. The lowest BCUT2D eigenvalue weighted by atomic mass is 9.81. The van der Waals surface area contributed by atoms with Crippen LogP contribution in [0.1, 0.15) is 63.6 Å². The molecule has 4 rings (SSSR count). The number of fused-ring (bicyclic) bond motifs is 5. The molecule has 21 heavy (non-hydrogen) atoms. The number of benzene rings is 1. The molecule has 0 spiro atoms. The second kappa shape index (κ2) is 4.59. The van der Waals surface area contributed by atoms with Gasteiger partial charge >= 0.3 is 0 Å². The van der Waals surface area contributed by atoms with Gasteiger partial charge < -0.3 is 5.73 Å². The predicted molar refractivity (Wildman–Crippen MR) is 88.0 cm³/mol. The van der Waals surface area contributed by atoms with E-state index in [-0.39, 0.29) is 11.5 Å². The topological polar surface area (TPSA) is 26.0 Å². The first-order valence-electron chi connectivity index (χ1n) is 8.89. The van der Waals surface area contributed by atoms with Gasteiger partial charge in [0.15, 0.2) is 0 Å². The predicted octanol–water partition coefficient (Wildman–Crippen LogP) is 4.67. The molecule has 0 heterocycles. The summed E-state index contributed by atoms with van der Waals surface area (Å²) in [4.78, 5) is 0. The van der Waals surface area contributed by atoms with Crippen LogP contribution in [0.15, 0.2) is 24.3 Å². The van der Waals surface area contributed by atoms with E-state index < -0.39 is 0 Å². The quantitative estimate of drug-likeness (QED) is 0.854. The third-order valence-corrected chi connectivity index (χ3v) is 7.17. The van der Waals surface area contributed by atoms with Gasteiger partial charge in [0, 0.05) is 6.04 Å². The van der Waals surface area contributed by atoms with Crippen molar-refractivity contribution in [3.63, 3.8) is 0 Å². The molecule has 114 valence electrons. The SMILES string of the molecule is CCC(C)(C)c1ccc(C(N)C2C3C4CCC(C4)C32)cc1. The van der Waals surface area contributed by atoms with E-state index in [1.54, 1.807) is 0 Å². The first kappa shape index (κ1) is 13.8. The Morgan fingerprint density at radius 3 is 2.19 bits per heavy atom. The molecule has 1 nitrogen and oxygen atoms in total. The standard InChI is InChI=1S/C20H29N/c1-4-20(2,3)15-9-7-12(8-10-15)19(21)18-16-13-5-6-14(11-13)17(16)18/h7-10,13-14,16-19H,4-6,11,21H2,1-3H3. The minimum atomic E-state index is 0.276. The number of hydrogen-bond acceptors (Lipinski definition) is 1. The largest absolute Gasteiger partial charge is 0.324 e. The van der Waals surface area contributed by atoms with Crippen molar-refractivity contribution in [3.8, 4) is 0 Å². The summed E-state index contributed by atoms with van der Waals surface area (Å²) in [6.45, 7) is 6.91. The summed E-state index contributed by atoms with van der Waals surface area (Å²) < 4.78 is 0. The Kier molecular flexibility index (Phi) is 3.02. The van der Waals surface area contributed by atoms with Crippen LogP contribution in [-0.2, 0) is 5.41 Å². The highest BCUT2D eigenvalue weighted by molar-refractivity contribution is 5.32. The third kappa shape index (κ3) is 2.00. The van der Waals surface area contributed by atoms with Gasteiger partial charge in [-0.3, -0.25) is 0 Å². The van der Waals surface area contributed by atoms with Gasteiger partial charge in [-0.2, -0.15) is 0 Å². The van der Waals surface area contributed by atoms with Crippen molar-refractivity contribution in [3.05, 3.63) is 35.4 Å². The molecule has 2 bridgehead atoms. The maximum atomic E-state index is 6.63. The van der Waals surface area contributed by atoms with E-state index in [2.05, 4.69) is 45.0 Å². The summed E-state index contributed by atoms with van der Waals surface area (Å²) in [6, 6.07) is 9.50. The van der Waals surface area contributed by atoms with E-state index in [9.17, 15) is 0 Å². The molecule has 0 radical (unpaired) electrons. The Hall–Kier alpha value is -0.820. The lowest BCUT2D eigenvalue weighted by Crippen LogP contribution is -2.19. The monoisotopic (exact) mass is 283 g/mol. The highest BCUT2D eigenvalue weighted by atomic mass is 14.8. The van der Waals surface area contributed by atoms with Crippen LogP contribution in [0.2, 0.25) is 0 Å². The maximum absolute atomic E-state index is 6.63. The smallest absolute Gasteiger partial charge is 0.0329 e. The highest BCUT2D eigenvalue weighted by Crippen LogP contribution is 2.71. The molecule has 5 unspecified atom stereocenters. The molecule has 5 atom stereocenters. The zero-order chi connectivity index (χ0) is 14.8. The van der Waals surface area contributed by atoms with Crippen molar-refractivity contribution in [2.45, 2.75) is 57.9 Å². The fraction of sp³-hybridized carbons (Fsp3) is 0.700. The summed E-state index contributed by atoms with van der Waals surface area (Å²) in [6.07, 6.45) is 5.66. The zero-order valence-electron chi connectivity index (χ0n) is 13.7. The summed E-state index contributed by atoms with van der Waals surface area (Å²) in [5.74, 6) is 4.79. The molecular formula is C20H29N. The molecule has 3 aliphatic rings. The number of nitrogens with two attached hydrogens (primary N) is 1. The van der Waals surface area contributed by atoms with E-state index in [0.29, 0.717) is 0 Å². The Morgan fingerprint density at radius 1 is 1.10 bits per heavy atom. The minimum Gasteiger partial charge on any atom is -0.324 e. The molecule has 0 aromatic heterocycles. The number of rotatable bonds is 4. The second-order valence-corrected chi connectivity index (χ2v) is 8.45. The normalized spacial score (nSPS) is 38.4. The minimum absolute atomic E-state index is 0.276. The van der Waals surface area contributed by atoms with Crippen molar-refractivity contribution < 1.29 is 0 Å². The Balaban J connectivity index is 1.50. The average Bonchev–Trinajstić information content (AvgIpc) is 2.93. The summed E-state index contributed by atoms with van der Waals surface area (Å²) in [7, 11) is 0. The van der Waals surface area contributed by atoms with Gasteiger partial charge in [0.25, 0.3) is 0 Å². The molecule has 3 fully saturated rings. The van der Waals surface area contributed by atoms with Gasteiger partial charge in [0.1, 0.15) is 0 Å². The third-order valence-electron chi connectivity index (χ3n) is 7.17. The van der Waals surface area contributed by atoms with Crippen LogP contribution >= 0.6 is 0 Å². The lowest BCUT2D eigenvalue weighted by molar-refractivity contribution is 0.417. The molecule has 0 amide bonds. The first-order valence-corrected chi connectivity index (χ1v) is 8.89. The molecule has 1 heteroatoms. The van der Waals surface area contributed by atoms with E-state index >= 15 is 0 Å². The van der Waals surface area contributed by atoms with E-state index in [1.165, 1.54) is 36.8 Å². The van der Waals surface area contributed by atoms with Crippen molar-refractivity contribution in [2.24, 2.45) is 35.3 Å². The molecule has 3 saturated carbocycles. The highest BCUT2D eigenvalue weighted by Gasteiger charge is 2.66. The molecule has 0 aliphatic heterocycles. The lowest BCUT2D eigenvalue weighted by Gasteiger charge is -2.24. The van der Waals surface area contributed by atoms with Gasteiger partial charge in [-0.25, -0.2) is 0 Å². The second-order valence-electron chi connectivity index (χ2n) is 8.45. The zero-order valence-corrected chi connectivity index (χ0v) is 13.7. The van der Waals surface area contributed by atoms with Gasteiger partial charge in [-0.1, -0.05) is 45.0 Å². The van der Waals surface area contributed by atoms with Crippen LogP contribution in [0.5, 0.6) is 0 Å². The Labute approximate surface area is 129 Å². The molecule has 0 saturated heterocycles. The van der Waals surface area contributed by atoms with E-state index in [1.807, 2.05) is 0 Å². The van der Waals surface area contributed by atoms with Gasteiger partial charge in [0.05, 0.1) is 0 Å². The van der Waals surface area contributed by atoms with Crippen molar-refractivity contribution in [1.82, 2.24) is 0 Å². The van der Waals surface area contributed by atoms with Gasteiger partial charge in [-0.05, 0) is 71.8 Å². The molecule has 1 aromatic rings. The van der Waals surface area contributed by atoms with Gasteiger partial charge in [0.2, 0.25) is 0 Å². The average molecular weight is 283 g/mol. The van der Waals surface area contributed by atoms with Crippen molar-refractivity contribution in [2.75, 3.05) is 0 Å². The molecule has 1 aromatic carbocycles. The van der Waals surface area contributed by atoms with Crippen LogP contribution in [-0.4, -0.2) is 0 Å². The summed E-state index contributed by atoms with van der Waals surface area (Å²) in [5.41, 5.74) is 9.72. The van der Waals surface area contributed by atoms with Crippen LogP contribution < -0.4 is 5.73 Å². The first-order chi connectivity index (χ1) is 10.0. The van der Waals surface area contributed by atoms with Crippen LogP contribution in [0.3, 0.4) is 0 Å². The summed E-state index contributed by atoms with van der Waals surface area (Å²) in [5, 5.41) is 0. The van der Waals surface area contributed by atoms with Crippen molar-refractivity contribution >= 4 is 0 Å². The van der Waals surface area contributed by atoms with Gasteiger partial charge in [-0.15, -0.1) is 0 Å². The Bertz CT molecular complexity index is 513. The van der Waals surface area contributed by atoms with E-state index in [0.717, 1.165) is 29.6 Å². The summed E-state index contributed by atoms with van der Waals surface area (Å²) >= 11 is 0. The fourth-order valence-electron chi connectivity index (χ4n) is 5.46. The molecule has 3 aliphatic carbocycles. The van der Waals surface area contributed by atoms with Crippen LogP contribution in [0.4, 0.5) is 0 Å². The maximum Gasteiger partial charge on any atom is 0.0329 e. The molecular weight excluding hydrogens is 254 g/mol. The Morgan fingerprint density at radius 2 is 1.67 bits per heavy atom. The van der Waals surface area contributed by atoms with Crippen molar-refractivity contribution in [1.29, 1.82) is 0 Å². The number of hydrogen-bond donors (Lipinski definition) is 1. The fourth-order valence-corrected chi connectivity index (χ4v) is 5.46. The van der Waals surface area contributed by atoms with Crippen LogP contribution in [0.25, 0.3) is 0 Å².